The van der Waals surface area contributed by atoms with Crippen LogP contribution in [0.2, 0.25) is 0 Å². The number of carbonyl (C=O) groups excluding carboxylic acids is 1. The van der Waals surface area contributed by atoms with E-state index in [1.54, 1.807) is 0 Å². The van der Waals surface area contributed by atoms with E-state index in [9.17, 15) is 18.0 Å². The number of carbonyl (C=O) groups is 1. The molecule has 1 amide bonds. The molecule has 3 N–H and O–H groups in total. The van der Waals surface area contributed by atoms with E-state index in [4.69, 9.17) is 5.73 Å². The molecule has 2 unspecified atom stereocenters. The number of halogens is 3. The summed E-state index contributed by atoms with van der Waals surface area (Å²) < 4.78 is 38.2. The van der Waals surface area contributed by atoms with Crippen molar-refractivity contribution >= 4 is 5.91 Å². The maximum atomic E-state index is 12.7. The first-order chi connectivity index (χ1) is 9.84. The molecule has 122 valence electrons. The molecule has 1 aliphatic heterocycles. The van der Waals surface area contributed by atoms with Crippen LogP contribution in [0, 0.1) is 5.92 Å². The highest BCUT2D eigenvalue weighted by Crippen LogP contribution is 2.37. The summed E-state index contributed by atoms with van der Waals surface area (Å²) in [6, 6.07) is -0.139. The minimum Gasteiger partial charge on any atom is -0.352 e. The van der Waals surface area contributed by atoms with E-state index in [1.807, 2.05) is 4.90 Å². The first-order valence-electron chi connectivity index (χ1n) is 7.68. The summed E-state index contributed by atoms with van der Waals surface area (Å²) in [5.41, 5.74) is 5.80. The number of nitrogens with two attached hydrogens (primary N) is 1. The molecule has 2 atom stereocenters. The zero-order chi connectivity index (χ0) is 15.5. The molecule has 7 heteroatoms. The summed E-state index contributed by atoms with van der Waals surface area (Å²) in [4.78, 5) is 14.0. The summed E-state index contributed by atoms with van der Waals surface area (Å²) in [5.74, 6) is -1.44. The number of amides is 1. The van der Waals surface area contributed by atoms with Crippen molar-refractivity contribution in [3.05, 3.63) is 0 Å². The summed E-state index contributed by atoms with van der Waals surface area (Å²) in [6.07, 6.45) is -1.05. The van der Waals surface area contributed by atoms with E-state index < -0.39 is 12.1 Å². The molecule has 1 heterocycles. The Labute approximate surface area is 123 Å². The van der Waals surface area contributed by atoms with Crippen LogP contribution in [0.25, 0.3) is 0 Å². The second-order valence-electron chi connectivity index (χ2n) is 6.28. The SMILES string of the molecule is NC1CCN(CC(=O)NC2CCCC(C(F)(F)F)C2)CC1. The van der Waals surface area contributed by atoms with Crippen LogP contribution < -0.4 is 11.1 Å². The molecule has 0 radical (unpaired) electrons. The van der Waals surface area contributed by atoms with Gasteiger partial charge in [0, 0.05) is 25.2 Å². The largest absolute Gasteiger partial charge is 0.391 e. The highest BCUT2D eigenvalue weighted by molar-refractivity contribution is 5.78. The van der Waals surface area contributed by atoms with Gasteiger partial charge in [0.25, 0.3) is 0 Å². The fourth-order valence-corrected chi connectivity index (χ4v) is 3.21. The molecule has 2 fully saturated rings. The van der Waals surface area contributed by atoms with Gasteiger partial charge in [-0.3, -0.25) is 9.69 Å². The average molecular weight is 307 g/mol. The van der Waals surface area contributed by atoms with Gasteiger partial charge in [-0.25, -0.2) is 0 Å². The first-order valence-corrected chi connectivity index (χ1v) is 7.68. The third kappa shape index (κ3) is 5.14. The van der Waals surface area contributed by atoms with Crippen LogP contribution in [0.3, 0.4) is 0 Å². The number of likely N-dealkylation sites (tertiary alicyclic amines) is 1. The third-order valence-electron chi connectivity index (χ3n) is 4.50. The Bertz CT molecular complexity index is 354. The van der Waals surface area contributed by atoms with Crippen molar-refractivity contribution in [2.45, 2.75) is 56.8 Å². The summed E-state index contributed by atoms with van der Waals surface area (Å²) >= 11 is 0. The van der Waals surface area contributed by atoms with Crippen LogP contribution in [0.4, 0.5) is 13.2 Å². The van der Waals surface area contributed by atoms with Gasteiger partial charge in [0.2, 0.25) is 5.91 Å². The van der Waals surface area contributed by atoms with Gasteiger partial charge in [-0.2, -0.15) is 13.2 Å². The van der Waals surface area contributed by atoms with Gasteiger partial charge in [0.1, 0.15) is 0 Å². The Kier molecular flexibility index (Phi) is 5.48. The van der Waals surface area contributed by atoms with Gasteiger partial charge >= 0.3 is 6.18 Å². The zero-order valence-electron chi connectivity index (χ0n) is 12.2. The van der Waals surface area contributed by atoms with Crippen LogP contribution in [0.5, 0.6) is 0 Å². The van der Waals surface area contributed by atoms with E-state index in [0.29, 0.717) is 12.8 Å². The Hall–Kier alpha value is -0.820. The molecule has 4 nitrogen and oxygen atoms in total. The molecule has 0 bridgehead atoms. The van der Waals surface area contributed by atoms with Gasteiger partial charge in [-0.1, -0.05) is 6.42 Å². The molecule has 1 saturated carbocycles. The van der Waals surface area contributed by atoms with E-state index in [-0.39, 0.29) is 37.4 Å². The first kappa shape index (κ1) is 16.5. The maximum absolute atomic E-state index is 12.7. The Morgan fingerprint density at radius 3 is 2.48 bits per heavy atom. The van der Waals surface area contributed by atoms with Crippen molar-refractivity contribution in [3.63, 3.8) is 0 Å². The number of hydrogen-bond acceptors (Lipinski definition) is 3. The summed E-state index contributed by atoms with van der Waals surface area (Å²) in [7, 11) is 0. The topological polar surface area (TPSA) is 58.4 Å². The molecule has 2 aliphatic rings. The highest BCUT2D eigenvalue weighted by Gasteiger charge is 2.42. The van der Waals surface area contributed by atoms with Crippen molar-refractivity contribution in [1.82, 2.24) is 10.2 Å². The number of rotatable bonds is 3. The lowest BCUT2D eigenvalue weighted by Gasteiger charge is -2.33. The molecule has 0 spiro atoms. The van der Waals surface area contributed by atoms with Crippen molar-refractivity contribution in [3.8, 4) is 0 Å². The predicted molar refractivity (Wildman–Crippen MR) is 73.6 cm³/mol. The molecule has 2 rings (SSSR count). The second kappa shape index (κ2) is 6.96. The molecular formula is C14H24F3N3O. The Morgan fingerprint density at radius 1 is 1.19 bits per heavy atom. The van der Waals surface area contributed by atoms with Crippen molar-refractivity contribution in [2.75, 3.05) is 19.6 Å². The Morgan fingerprint density at radius 2 is 1.86 bits per heavy atom. The molecule has 1 saturated heterocycles. The van der Waals surface area contributed by atoms with E-state index in [1.165, 1.54) is 0 Å². The fraction of sp³-hybridized carbons (Fsp3) is 0.929. The van der Waals surface area contributed by atoms with Crippen LogP contribution in [-0.2, 0) is 4.79 Å². The van der Waals surface area contributed by atoms with Gasteiger partial charge in [-0.15, -0.1) is 0 Å². The minimum atomic E-state index is -4.15. The smallest absolute Gasteiger partial charge is 0.352 e. The van der Waals surface area contributed by atoms with Crippen molar-refractivity contribution in [1.29, 1.82) is 0 Å². The lowest BCUT2D eigenvalue weighted by Crippen LogP contribution is -2.48. The van der Waals surface area contributed by atoms with Gasteiger partial charge < -0.3 is 11.1 Å². The van der Waals surface area contributed by atoms with Crippen LogP contribution in [0.1, 0.15) is 38.5 Å². The quantitative estimate of drug-likeness (QED) is 0.833. The van der Waals surface area contributed by atoms with Crippen LogP contribution >= 0.6 is 0 Å². The van der Waals surface area contributed by atoms with Crippen molar-refractivity contribution in [2.24, 2.45) is 11.7 Å². The molecule has 21 heavy (non-hydrogen) atoms. The van der Waals surface area contributed by atoms with Gasteiger partial charge in [-0.05, 0) is 32.1 Å². The summed E-state index contributed by atoms with van der Waals surface area (Å²) in [6.45, 7) is 1.83. The lowest BCUT2D eigenvalue weighted by atomic mass is 9.85. The molecule has 0 aromatic carbocycles. The molecule has 0 aromatic heterocycles. The van der Waals surface area contributed by atoms with E-state index in [0.717, 1.165) is 25.9 Å². The van der Waals surface area contributed by atoms with E-state index >= 15 is 0 Å². The number of hydrogen-bond donors (Lipinski definition) is 2. The maximum Gasteiger partial charge on any atom is 0.391 e. The standard InChI is InChI=1S/C14H24F3N3O/c15-14(16,17)10-2-1-3-12(8-10)19-13(21)9-20-6-4-11(18)5-7-20/h10-12H,1-9,18H2,(H,19,21). The molecule has 0 aromatic rings. The monoisotopic (exact) mass is 307 g/mol. The van der Waals surface area contributed by atoms with E-state index in [2.05, 4.69) is 5.32 Å². The minimum absolute atomic E-state index is 0.0140. The van der Waals surface area contributed by atoms with Gasteiger partial charge in [0.15, 0.2) is 0 Å². The zero-order valence-corrected chi connectivity index (χ0v) is 12.2. The normalized spacial score (nSPS) is 29.3. The number of piperidine rings is 1. The Balaban J connectivity index is 1.74. The highest BCUT2D eigenvalue weighted by atomic mass is 19.4. The second-order valence-corrected chi connectivity index (χ2v) is 6.28. The molecule has 1 aliphatic carbocycles. The van der Waals surface area contributed by atoms with Crippen molar-refractivity contribution < 1.29 is 18.0 Å². The summed E-state index contributed by atoms with van der Waals surface area (Å²) in [5, 5.41) is 2.77. The molecular weight excluding hydrogens is 283 g/mol. The third-order valence-corrected chi connectivity index (χ3v) is 4.50. The number of nitrogens with zero attached hydrogens (tertiary/aromatic N) is 1. The lowest BCUT2D eigenvalue weighted by molar-refractivity contribution is -0.184. The van der Waals surface area contributed by atoms with Crippen LogP contribution in [-0.4, -0.2) is 48.7 Å². The van der Waals surface area contributed by atoms with Crippen LogP contribution in [0.15, 0.2) is 0 Å². The number of nitrogens with one attached hydrogen (secondary N) is 1. The average Bonchev–Trinajstić information content (AvgIpc) is 2.41. The fourth-order valence-electron chi connectivity index (χ4n) is 3.21. The number of alkyl halides is 3. The van der Waals surface area contributed by atoms with Gasteiger partial charge in [0.05, 0.1) is 12.5 Å². The predicted octanol–water partition coefficient (Wildman–Crippen LogP) is 1.65.